The topological polar surface area (TPSA) is 58.3 Å². The fourth-order valence-electron chi connectivity index (χ4n) is 2.82. The van der Waals surface area contributed by atoms with Gasteiger partial charge in [0.25, 0.3) is 0 Å². The third-order valence-electron chi connectivity index (χ3n) is 4.10. The summed E-state index contributed by atoms with van der Waals surface area (Å²) in [6, 6.07) is 4.12. The lowest BCUT2D eigenvalue weighted by molar-refractivity contribution is 0.344. The molecule has 6 nitrogen and oxygen atoms in total. The molecule has 0 saturated heterocycles. The number of hydrogen-bond acceptors (Lipinski definition) is 5. The first-order valence-corrected chi connectivity index (χ1v) is 11.5. The average molecular weight is 424 g/mol. The smallest absolute Gasteiger partial charge is 0.166 e. The number of thioether (sulfide) groups is 1. The molecule has 0 amide bonds. The summed E-state index contributed by atoms with van der Waals surface area (Å²) in [6.07, 6.45) is 7.12. The molecule has 0 atom stereocenters. The Kier molecular flexibility index (Phi) is 10.5. The van der Waals surface area contributed by atoms with Crippen LogP contribution in [0.25, 0.3) is 0 Å². The molecule has 2 N–H and O–H groups in total. The van der Waals surface area contributed by atoms with Gasteiger partial charge in [-0.3, -0.25) is 0 Å². The van der Waals surface area contributed by atoms with Crippen molar-refractivity contribution in [1.82, 2.24) is 25.1 Å². The van der Waals surface area contributed by atoms with Gasteiger partial charge in [-0.2, -0.15) is 11.8 Å². The van der Waals surface area contributed by atoms with Crippen molar-refractivity contribution in [3.63, 3.8) is 0 Å². The number of aryl methyl sites for hydroxylation is 2. The van der Waals surface area contributed by atoms with Crippen LogP contribution in [-0.2, 0) is 25.3 Å². The van der Waals surface area contributed by atoms with E-state index in [2.05, 4.69) is 50.3 Å². The van der Waals surface area contributed by atoms with Crippen LogP contribution in [0.4, 0.5) is 0 Å². The molecule has 0 saturated carbocycles. The molecule has 0 spiro atoms. The first kappa shape index (κ1) is 22.8. The second-order valence-electron chi connectivity index (χ2n) is 6.98. The van der Waals surface area contributed by atoms with E-state index in [1.807, 2.05) is 32.1 Å². The number of nitrogens with zero attached hydrogens (tertiary/aromatic N) is 3. The van der Waals surface area contributed by atoms with E-state index in [4.69, 9.17) is 16.6 Å². The van der Waals surface area contributed by atoms with E-state index in [1.165, 1.54) is 5.82 Å². The summed E-state index contributed by atoms with van der Waals surface area (Å²) in [5, 5.41) is 7.28. The second kappa shape index (κ2) is 12.9. The van der Waals surface area contributed by atoms with Gasteiger partial charge in [-0.15, -0.1) is 0 Å². The SMILES string of the molecule is CCCc1nccn1CCCNC(=S)NCCSCc1ccc(CN(C)C)o1. The Morgan fingerprint density at radius 1 is 1.25 bits per heavy atom. The monoisotopic (exact) mass is 423 g/mol. The highest BCUT2D eigenvalue weighted by atomic mass is 32.2. The van der Waals surface area contributed by atoms with Crippen LogP contribution in [0.15, 0.2) is 28.9 Å². The Hall–Kier alpha value is -1.51. The Bertz CT molecular complexity index is 698. The summed E-state index contributed by atoms with van der Waals surface area (Å²) in [5.74, 6) is 5.10. The Morgan fingerprint density at radius 2 is 2.04 bits per heavy atom. The highest BCUT2D eigenvalue weighted by Gasteiger charge is 2.04. The van der Waals surface area contributed by atoms with E-state index >= 15 is 0 Å². The molecule has 2 heterocycles. The van der Waals surface area contributed by atoms with Crippen molar-refractivity contribution in [1.29, 1.82) is 0 Å². The van der Waals surface area contributed by atoms with Gasteiger partial charge in [0.15, 0.2) is 5.11 Å². The Balaban J connectivity index is 1.49. The lowest BCUT2D eigenvalue weighted by atomic mass is 10.3. The Labute approximate surface area is 178 Å². The fraction of sp³-hybridized carbons (Fsp3) is 0.600. The zero-order valence-corrected chi connectivity index (χ0v) is 18.9. The number of rotatable bonds is 13. The molecule has 0 unspecified atom stereocenters. The maximum absolute atomic E-state index is 5.81. The summed E-state index contributed by atoms with van der Waals surface area (Å²) >= 11 is 7.19. The van der Waals surface area contributed by atoms with E-state index in [9.17, 15) is 0 Å². The summed E-state index contributed by atoms with van der Waals surface area (Å²) in [4.78, 5) is 6.51. The average Bonchev–Trinajstić information content (AvgIpc) is 3.28. The molecule has 2 aromatic rings. The Morgan fingerprint density at radius 3 is 2.82 bits per heavy atom. The molecule has 8 heteroatoms. The molecular weight excluding hydrogens is 390 g/mol. The molecule has 2 aromatic heterocycles. The number of nitrogens with one attached hydrogen (secondary N) is 2. The van der Waals surface area contributed by atoms with Crippen LogP contribution >= 0.6 is 24.0 Å². The third kappa shape index (κ3) is 8.67. The van der Waals surface area contributed by atoms with Crippen molar-refractivity contribution in [2.45, 2.75) is 45.0 Å². The van der Waals surface area contributed by atoms with Gasteiger partial charge in [0, 0.05) is 44.2 Å². The van der Waals surface area contributed by atoms with Crippen molar-refractivity contribution in [3.8, 4) is 0 Å². The number of furan rings is 1. The van der Waals surface area contributed by atoms with Gasteiger partial charge < -0.3 is 24.5 Å². The molecule has 28 heavy (non-hydrogen) atoms. The zero-order chi connectivity index (χ0) is 20.2. The standard InChI is InChI=1S/C20H33N5OS2/c1-4-6-19-21-10-13-25(19)12-5-9-22-20(27)23-11-14-28-16-18-8-7-17(26-18)15-24(2)3/h7-8,10,13H,4-6,9,11-12,14-16H2,1-3H3,(H2,22,23,27). The first-order chi connectivity index (χ1) is 13.6. The van der Waals surface area contributed by atoms with Gasteiger partial charge in [0.05, 0.1) is 12.3 Å². The maximum Gasteiger partial charge on any atom is 0.166 e. The van der Waals surface area contributed by atoms with E-state index in [1.54, 1.807) is 0 Å². The molecule has 0 fully saturated rings. The van der Waals surface area contributed by atoms with Crippen LogP contribution < -0.4 is 10.6 Å². The quantitative estimate of drug-likeness (QED) is 0.379. The van der Waals surface area contributed by atoms with Crippen molar-refractivity contribution in [2.75, 3.05) is 32.9 Å². The minimum Gasteiger partial charge on any atom is -0.464 e. The largest absolute Gasteiger partial charge is 0.464 e. The lowest BCUT2D eigenvalue weighted by Gasteiger charge is -2.11. The van der Waals surface area contributed by atoms with Crippen LogP contribution in [0.1, 0.15) is 37.1 Å². The van der Waals surface area contributed by atoms with Gasteiger partial charge in [-0.1, -0.05) is 6.92 Å². The molecule has 2 rings (SSSR count). The molecule has 0 radical (unpaired) electrons. The summed E-state index contributed by atoms with van der Waals surface area (Å²) in [6.45, 7) is 5.71. The van der Waals surface area contributed by atoms with Crippen LogP contribution in [0.5, 0.6) is 0 Å². The van der Waals surface area contributed by atoms with Crippen LogP contribution in [0.2, 0.25) is 0 Å². The van der Waals surface area contributed by atoms with E-state index in [0.717, 1.165) is 73.6 Å². The maximum atomic E-state index is 5.81. The van der Waals surface area contributed by atoms with Crippen LogP contribution in [-0.4, -0.2) is 52.5 Å². The number of imidazole rings is 1. The van der Waals surface area contributed by atoms with Gasteiger partial charge in [-0.05, 0) is 51.3 Å². The van der Waals surface area contributed by atoms with Gasteiger partial charge in [0.1, 0.15) is 17.3 Å². The minimum atomic E-state index is 0.728. The number of hydrogen-bond donors (Lipinski definition) is 2. The van der Waals surface area contributed by atoms with Crippen LogP contribution in [0.3, 0.4) is 0 Å². The minimum absolute atomic E-state index is 0.728. The lowest BCUT2D eigenvalue weighted by Crippen LogP contribution is -2.37. The normalized spacial score (nSPS) is 11.1. The number of aromatic nitrogens is 2. The van der Waals surface area contributed by atoms with Crippen molar-refractivity contribution in [2.24, 2.45) is 0 Å². The molecule has 0 aliphatic rings. The van der Waals surface area contributed by atoms with E-state index in [-0.39, 0.29) is 0 Å². The van der Waals surface area contributed by atoms with Gasteiger partial charge in [-0.25, -0.2) is 4.98 Å². The summed E-state index contributed by atoms with van der Waals surface area (Å²) in [5.41, 5.74) is 0. The first-order valence-electron chi connectivity index (χ1n) is 9.90. The third-order valence-corrected chi connectivity index (χ3v) is 5.37. The molecule has 0 aliphatic heterocycles. The fourth-order valence-corrected chi connectivity index (χ4v) is 3.77. The zero-order valence-electron chi connectivity index (χ0n) is 17.2. The number of thiocarbonyl (C=S) groups is 1. The molecule has 0 aliphatic carbocycles. The van der Waals surface area contributed by atoms with E-state index < -0.39 is 0 Å². The van der Waals surface area contributed by atoms with Gasteiger partial charge >= 0.3 is 0 Å². The summed E-state index contributed by atoms with van der Waals surface area (Å²) < 4.78 is 8.05. The van der Waals surface area contributed by atoms with Crippen LogP contribution in [0, 0.1) is 0 Å². The van der Waals surface area contributed by atoms with Gasteiger partial charge in [0.2, 0.25) is 0 Å². The molecule has 156 valence electrons. The molecule has 0 bridgehead atoms. The molecule has 0 aromatic carbocycles. The second-order valence-corrected chi connectivity index (χ2v) is 8.49. The van der Waals surface area contributed by atoms with Crippen molar-refractivity contribution >= 4 is 29.1 Å². The van der Waals surface area contributed by atoms with E-state index in [0.29, 0.717) is 0 Å². The summed E-state index contributed by atoms with van der Waals surface area (Å²) in [7, 11) is 4.09. The van der Waals surface area contributed by atoms with Crippen molar-refractivity contribution in [3.05, 3.63) is 41.9 Å². The molecular formula is C20H33N5OS2. The predicted molar refractivity (Wildman–Crippen MR) is 122 cm³/mol. The highest BCUT2D eigenvalue weighted by Crippen LogP contribution is 2.15. The highest BCUT2D eigenvalue weighted by molar-refractivity contribution is 7.98. The predicted octanol–water partition coefficient (Wildman–Crippen LogP) is 3.28. The van der Waals surface area contributed by atoms with Crippen molar-refractivity contribution < 1.29 is 4.42 Å².